The van der Waals surface area contributed by atoms with Crippen LogP contribution < -0.4 is 4.74 Å². The monoisotopic (exact) mass is 386 g/mol. The van der Waals surface area contributed by atoms with Crippen molar-refractivity contribution in [2.75, 3.05) is 20.0 Å². The molecule has 1 heterocycles. The Hall–Kier alpha value is -1.68. The highest BCUT2D eigenvalue weighted by Gasteiger charge is 2.57. The normalized spacial score (nSPS) is 30.9. The van der Waals surface area contributed by atoms with E-state index in [1.165, 1.54) is 0 Å². The van der Waals surface area contributed by atoms with Gasteiger partial charge in [0.1, 0.15) is 11.9 Å². The Morgan fingerprint density at radius 2 is 1.96 bits per heavy atom. The molecule has 26 heavy (non-hydrogen) atoms. The van der Waals surface area contributed by atoms with Crippen LogP contribution in [0.5, 0.6) is 5.75 Å². The molecular formula is C17H22O8S. The molecule has 1 N–H and O–H groups in total. The van der Waals surface area contributed by atoms with Gasteiger partial charge < -0.3 is 19.3 Å². The first-order valence-corrected chi connectivity index (χ1v) is 10.1. The standard InChI is InChI=1S/C17H22O8S/c1-22-11-5-3-10(4-6-11)8-23-9-13-12-7-14(18)24-17(15(12)19)16(13)25-26(2,20)21/h3-6,12-13,15-17,19H,7-9H2,1-2H3/t12-,13+,15+,16-,17?/m1/s1. The lowest BCUT2D eigenvalue weighted by molar-refractivity contribution is -0.167. The number of carbonyl (C=O) groups is 1. The highest BCUT2D eigenvalue weighted by molar-refractivity contribution is 7.86. The molecule has 0 aromatic heterocycles. The lowest BCUT2D eigenvalue weighted by atomic mass is 9.91. The Bertz CT molecular complexity index is 745. The van der Waals surface area contributed by atoms with E-state index in [1.54, 1.807) is 7.11 Å². The smallest absolute Gasteiger partial charge is 0.306 e. The molecule has 3 rings (SSSR count). The fourth-order valence-electron chi connectivity index (χ4n) is 3.56. The van der Waals surface area contributed by atoms with E-state index in [0.717, 1.165) is 17.6 Å². The minimum absolute atomic E-state index is 0.0118. The number of carbonyl (C=O) groups excluding carboxylic acids is 1. The van der Waals surface area contributed by atoms with Crippen molar-refractivity contribution in [2.24, 2.45) is 11.8 Å². The molecule has 2 aliphatic rings. The van der Waals surface area contributed by atoms with Gasteiger partial charge in [0.15, 0.2) is 6.10 Å². The van der Waals surface area contributed by atoms with Gasteiger partial charge in [0.05, 0.1) is 39.1 Å². The maximum absolute atomic E-state index is 11.7. The van der Waals surface area contributed by atoms with E-state index in [2.05, 4.69) is 0 Å². The molecule has 1 saturated heterocycles. The Labute approximate surface area is 152 Å². The van der Waals surface area contributed by atoms with Gasteiger partial charge in [-0.1, -0.05) is 12.1 Å². The van der Waals surface area contributed by atoms with E-state index in [-0.39, 0.29) is 13.0 Å². The summed E-state index contributed by atoms with van der Waals surface area (Å²) in [7, 11) is -2.19. The number of fused-ring (bicyclic) bond motifs is 2. The molecule has 9 heteroatoms. The number of ether oxygens (including phenoxy) is 3. The third-order valence-electron chi connectivity index (χ3n) is 4.76. The van der Waals surface area contributed by atoms with Crippen LogP contribution >= 0.6 is 0 Å². The summed E-state index contributed by atoms with van der Waals surface area (Å²) in [6, 6.07) is 7.34. The second kappa shape index (κ2) is 7.51. The molecule has 0 amide bonds. The van der Waals surface area contributed by atoms with Crippen molar-refractivity contribution in [3.05, 3.63) is 29.8 Å². The van der Waals surface area contributed by atoms with Crippen molar-refractivity contribution in [3.8, 4) is 5.75 Å². The van der Waals surface area contributed by atoms with Crippen LogP contribution in [0.1, 0.15) is 12.0 Å². The molecule has 144 valence electrons. The highest BCUT2D eigenvalue weighted by Crippen LogP contribution is 2.43. The zero-order valence-electron chi connectivity index (χ0n) is 14.5. The lowest BCUT2D eigenvalue weighted by Gasteiger charge is -2.26. The maximum Gasteiger partial charge on any atom is 0.306 e. The number of benzene rings is 1. The Morgan fingerprint density at radius 1 is 1.27 bits per heavy atom. The fraction of sp³-hybridized carbons (Fsp3) is 0.588. The second-order valence-corrected chi connectivity index (χ2v) is 8.21. The molecule has 1 saturated carbocycles. The van der Waals surface area contributed by atoms with Crippen LogP contribution in [0, 0.1) is 11.8 Å². The molecular weight excluding hydrogens is 364 g/mol. The van der Waals surface area contributed by atoms with Crippen LogP contribution in [0.25, 0.3) is 0 Å². The van der Waals surface area contributed by atoms with E-state index in [4.69, 9.17) is 18.4 Å². The van der Waals surface area contributed by atoms with Gasteiger partial charge in [0.25, 0.3) is 10.1 Å². The average Bonchev–Trinajstić information content (AvgIpc) is 2.72. The fourth-order valence-corrected chi connectivity index (χ4v) is 4.22. The maximum atomic E-state index is 11.7. The third kappa shape index (κ3) is 4.17. The van der Waals surface area contributed by atoms with Crippen molar-refractivity contribution >= 4 is 16.1 Å². The number of hydrogen-bond donors (Lipinski definition) is 1. The summed E-state index contributed by atoms with van der Waals surface area (Å²) < 4.78 is 44.2. The summed E-state index contributed by atoms with van der Waals surface area (Å²) in [6.07, 6.45) is -1.97. The first-order chi connectivity index (χ1) is 12.3. The quantitative estimate of drug-likeness (QED) is 0.532. The molecule has 1 aliphatic heterocycles. The number of methoxy groups -OCH3 is 1. The van der Waals surface area contributed by atoms with Crippen LogP contribution in [-0.4, -0.2) is 57.8 Å². The summed E-state index contributed by atoms with van der Waals surface area (Å²) in [5.74, 6) is -0.651. The molecule has 0 spiro atoms. The topological polar surface area (TPSA) is 108 Å². The van der Waals surface area contributed by atoms with Crippen molar-refractivity contribution in [3.63, 3.8) is 0 Å². The van der Waals surface area contributed by atoms with Crippen molar-refractivity contribution in [1.82, 2.24) is 0 Å². The van der Waals surface area contributed by atoms with Gasteiger partial charge in [-0.05, 0) is 17.7 Å². The van der Waals surface area contributed by atoms with Gasteiger partial charge >= 0.3 is 5.97 Å². The Morgan fingerprint density at radius 3 is 2.58 bits per heavy atom. The molecule has 2 bridgehead atoms. The SMILES string of the molecule is COc1ccc(COC[C@H]2[C@H]3CC(=O)OC([C@H]3O)[C@@H]2OS(C)(=O)=O)cc1. The number of aliphatic hydroxyl groups excluding tert-OH is 1. The zero-order valence-corrected chi connectivity index (χ0v) is 15.3. The molecule has 1 aromatic carbocycles. The summed E-state index contributed by atoms with van der Waals surface area (Å²) in [5, 5.41) is 10.3. The van der Waals surface area contributed by atoms with Crippen LogP contribution in [0.3, 0.4) is 0 Å². The predicted molar refractivity (Wildman–Crippen MR) is 89.9 cm³/mol. The van der Waals surface area contributed by atoms with Gasteiger partial charge in [0, 0.05) is 11.8 Å². The Kier molecular flexibility index (Phi) is 5.52. The lowest BCUT2D eigenvalue weighted by Crippen LogP contribution is -2.41. The van der Waals surface area contributed by atoms with Crippen LogP contribution in [0.15, 0.2) is 24.3 Å². The number of hydrogen-bond acceptors (Lipinski definition) is 8. The van der Waals surface area contributed by atoms with Crippen molar-refractivity contribution < 1.29 is 36.7 Å². The second-order valence-electron chi connectivity index (χ2n) is 6.61. The molecule has 1 aromatic rings. The number of rotatable bonds is 7. The minimum atomic E-state index is -3.78. The number of esters is 1. The van der Waals surface area contributed by atoms with Crippen molar-refractivity contribution in [1.29, 1.82) is 0 Å². The molecule has 1 aliphatic carbocycles. The van der Waals surface area contributed by atoms with E-state index < -0.39 is 46.2 Å². The van der Waals surface area contributed by atoms with E-state index in [0.29, 0.717) is 6.61 Å². The molecule has 0 radical (unpaired) electrons. The summed E-state index contributed by atoms with van der Waals surface area (Å²) in [5.41, 5.74) is 0.917. The van der Waals surface area contributed by atoms with Gasteiger partial charge in [0.2, 0.25) is 0 Å². The van der Waals surface area contributed by atoms with Gasteiger partial charge in [-0.25, -0.2) is 0 Å². The molecule has 5 atom stereocenters. The van der Waals surface area contributed by atoms with Crippen LogP contribution in [0.4, 0.5) is 0 Å². The first-order valence-electron chi connectivity index (χ1n) is 8.25. The minimum Gasteiger partial charge on any atom is -0.497 e. The van der Waals surface area contributed by atoms with E-state index in [1.807, 2.05) is 24.3 Å². The molecule has 2 fully saturated rings. The largest absolute Gasteiger partial charge is 0.497 e. The van der Waals surface area contributed by atoms with E-state index >= 15 is 0 Å². The number of aliphatic hydroxyl groups is 1. The van der Waals surface area contributed by atoms with Crippen LogP contribution in [0.2, 0.25) is 0 Å². The van der Waals surface area contributed by atoms with E-state index in [9.17, 15) is 18.3 Å². The van der Waals surface area contributed by atoms with Gasteiger partial charge in [-0.2, -0.15) is 8.42 Å². The third-order valence-corrected chi connectivity index (χ3v) is 5.34. The van der Waals surface area contributed by atoms with Gasteiger partial charge in [-0.3, -0.25) is 8.98 Å². The van der Waals surface area contributed by atoms with Crippen molar-refractivity contribution in [2.45, 2.75) is 31.3 Å². The molecule has 8 nitrogen and oxygen atoms in total. The predicted octanol–water partition coefficient (Wildman–Crippen LogP) is 0.479. The summed E-state index contributed by atoms with van der Waals surface area (Å²) in [6.45, 7) is 0.440. The van der Waals surface area contributed by atoms with Gasteiger partial charge in [-0.15, -0.1) is 0 Å². The summed E-state index contributed by atoms with van der Waals surface area (Å²) >= 11 is 0. The average molecular weight is 386 g/mol. The highest BCUT2D eigenvalue weighted by atomic mass is 32.2. The summed E-state index contributed by atoms with van der Waals surface area (Å²) in [4.78, 5) is 11.7. The molecule has 1 unspecified atom stereocenters. The Balaban J connectivity index is 1.67. The zero-order chi connectivity index (χ0) is 18.9. The first kappa shape index (κ1) is 19.1. The van der Waals surface area contributed by atoms with Crippen LogP contribution in [-0.2, 0) is 35.2 Å².